The lowest BCUT2D eigenvalue weighted by Gasteiger charge is -2.42. The first kappa shape index (κ1) is 37.7. The van der Waals surface area contributed by atoms with Gasteiger partial charge in [-0.25, -0.2) is 9.59 Å². The normalized spacial score (nSPS) is 21.0. The molecule has 16 heteroatoms. The van der Waals surface area contributed by atoms with Crippen molar-refractivity contribution in [3.05, 3.63) is 64.7 Å². The minimum Gasteiger partial charge on any atom is -0.436 e. The van der Waals surface area contributed by atoms with E-state index >= 15 is 0 Å². The largest absolute Gasteiger partial charge is 0.436 e. The molecular formula is C36H44F6N6O4. The van der Waals surface area contributed by atoms with Gasteiger partial charge in [0.1, 0.15) is 0 Å². The second-order valence-corrected chi connectivity index (χ2v) is 14.1. The van der Waals surface area contributed by atoms with E-state index in [2.05, 4.69) is 22.2 Å². The summed E-state index contributed by atoms with van der Waals surface area (Å²) in [6.07, 6.45) is -9.92. The standard InChI is InChI=1S/C36H44F6N6O4/c1-44-11-7-28(8-12-44)45-16-18-46(19-17-45)32(49)31(22-24-20-26(35(37,38)39)23-27(21-24)36(40,41)42)52-34(51)47-13-9-29(10-14-47)48-15-6-25-4-2-3-5-30(25)43-33(48)50/h2-5,20-21,23,28-29,31H,6-19,22H2,1H3,(H,43,50)/t31-/m1/s1. The van der Waals surface area contributed by atoms with Crippen molar-refractivity contribution in [1.82, 2.24) is 24.5 Å². The number of para-hydroxylation sites is 1. The fraction of sp³-hybridized carbons (Fsp3) is 0.583. The lowest BCUT2D eigenvalue weighted by atomic mass is 9.99. The Morgan fingerprint density at radius 3 is 2.00 bits per heavy atom. The number of benzene rings is 2. The van der Waals surface area contributed by atoms with E-state index in [-0.39, 0.29) is 44.3 Å². The summed E-state index contributed by atoms with van der Waals surface area (Å²) in [6, 6.07) is 8.63. The molecule has 3 saturated heterocycles. The van der Waals surface area contributed by atoms with E-state index in [1.54, 1.807) is 4.90 Å². The summed E-state index contributed by atoms with van der Waals surface area (Å²) < 4.78 is 87.9. The molecular weight excluding hydrogens is 694 g/mol. The van der Waals surface area contributed by atoms with E-state index in [0.29, 0.717) is 57.1 Å². The first-order valence-electron chi connectivity index (χ1n) is 17.8. The molecule has 0 aliphatic carbocycles. The zero-order valence-corrected chi connectivity index (χ0v) is 29.0. The molecule has 2 aromatic carbocycles. The number of nitrogens with zero attached hydrogens (tertiary/aromatic N) is 5. The van der Waals surface area contributed by atoms with Gasteiger partial charge in [0.2, 0.25) is 0 Å². The molecule has 3 fully saturated rings. The fourth-order valence-corrected chi connectivity index (χ4v) is 7.70. The van der Waals surface area contributed by atoms with Crippen molar-refractivity contribution in [3.63, 3.8) is 0 Å². The molecule has 0 aromatic heterocycles. The Morgan fingerprint density at radius 1 is 0.788 bits per heavy atom. The average Bonchev–Trinajstić information content (AvgIpc) is 3.28. The molecule has 0 unspecified atom stereocenters. The van der Waals surface area contributed by atoms with Crippen molar-refractivity contribution >= 4 is 23.7 Å². The van der Waals surface area contributed by atoms with Crippen LogP contribution in [0.1, 0.15) is 47.9 Å². The Bertz CT molecular complexity index is 1570. The zero-order chi connectivity index (χ0) is 37.2. The van der Waals surface area contributed by atoms with Crippen LogP contribution in [-0.4, -0.2) is 127 Å². The van der Waals surface area contributed by atoms with Crippen molar-refractivity contribution in [2.24, 2.45) is 0 Å². The first-order chi connectivity index (χ1) is 24.7. The summed E-state index contributed by atoms with van der Waals surface area (Å²) in [5.41, 5.74) is -1.68. The summed E-state index contributed by atoms with van der Waals surface area (Å²) in [5.74, 6) is -0.668. The van der Waals surface area contributed by atoms with Crippen LogP contribution in [-0.2, 0) is 34.7 Å². The Hall–Kier alpha value is -4.05. The Kier molecular flexibility index (Phi) is 11.2. The number of urea groups is 1. The number of carbonyl (C=O) groups is 3. The Morgan fingerprint density at radius 2 is 1.38 bits per heavy atom. The highest BCUT2D eigenvalue weighted by atomic mass is 19.4. The monoisotopic (exact) mass is 738 g/mol. The van der Waals surface area contributed by atoms with Crippen molar-refractivity contribution in [2.75, 3.05) is 71.3 Å². The van der Waals surface area contributed by atoms with E-state index < -0.39 is 53.6 Å². The van der Waals surface area contributed by atoms with Gasteiger partial charge in [0, 0.05) is 70.0 Å². The maximum absolute atomic E-state index is 13.9. The molecule has 1 N–H and O–H groups in total. The molecule has 0 saturated carbocycles. The summed E-state index contributed by atoms with van der Waals surface area (Å²) in [6.45, 7) is 4.40. The number of likely N-dealkylation sites (tertiary alicyclic amines) is 2. The van der Waals surface area contributed by atoms with Crippen molar-refractivity contribution in [2.45, 2.75) is 69.1 Å². The maximum Gasteiger partial charge on any atom is 0.416 e. The summed E-state index contributed by atoms with van der Waals surface area (Å²) >= 11 is 0. The molecule has 10 nitrogen and oxygen atoms in total. The van der Waals surface area contributed by atoms with Gasteiger partial charge in [-0.15, -0.1) is 0 Å². The van der Waals surface area contributed by atoms with Crippen molar-refractivity contribution in [1.29, 1.82) is 0 Å². The number of amides is 4. The smallest absolute Gasteiger partial charge is 0.416 e. The highest BCUT2D eigenvalue weighted by Gasteiger charge is 2.40. The third-order valence-corrected chi connectivity index (χ3v) is 10.7. The predicted octanol–water partition coefficient (Wildman–Crippen LogP) is 5.56. The predicted molar refractivity (Wildman–Crippen MR) is 180 cm³/mol. The van der Waals surface area contributed by atoms with Crippen LogP contribution in [0.4, 0.5) is 41.6 Å². The van der Waals surface area contributed by atoms with Gasteiger partial charge in [-0.05, 0) is 87.6 Å². The van der Waals surface area contributed by atoms with Crippen molar-refractivity contribution < 1.29 is 45.5 Å². The fourth-order valence-electron chi connectivity index (χ4n) is 7.70. The highest BCUT2D eigenvalue weighted by molar-refractivity contribution is 5.91. The first-order valence-corrected chi connectivity index (χ1v) is 17.8. The van der Waals surface area contributed by atoms with Crippen molar-refractivity contribution in [3.8, 4) is 0 Å². The van der Waals surface area contributed by atoms with Crippen LogP contribution < -0.4 is 5.32 Å². The molecule has 0 bridgehead atoms. The maximum atomic E-state index is 13.9. The molecule has 0 radical (unpaired) electrons. The van der Waals surface area contributed by atoms with E-state index in [1.807, 2.05) is 24.3 Å². The topological polar surface area (TPSA) is 88.7 Å². The molecule has 284 valence electrons. The highest BCUT2D eigenvalue weighted by Crippen LogP contribution is 2.37. The number of hydrogen-bond donors (Lipinski definition) is 1. The number of nitrogens with one attached hydrogen (secondary N) is 1. The quantitative estimate of drug-likeness (QED) is 0.391. The molecule has 4 aliphatic heterocycles. The number of carbonyl (C=O) groups excluding carboxylic acids is 3. The molecule has 1 atom stereocenters. The Labute approximate surface area is 298 Å². The summed E-state index contributed by atoms with van der Waals surface area (Å²) in [5, 5.41) is 2.94. The third-order valence-electron chi connectivity index (χ3n) is 10.7. The Balaban J connectivity index is 1.14. The number of halogens is 6. The number of fused-ring (bicyclic) bond motifs is 1. The second kappa shape index (κ2) is 15.5. The minimum absolute atomic E-state index is 0.0298. The van der Waals surface area contributed by atoms with E-state index in [0.717, 1.165) is 37.2 Å². The number of hydrogen-bond acceptors (Lipinski definition) is 6. The van der Waals surface area contributed by atoms with Gasteiger partial charge in [0.25, 0.3) is 5.91 Å². The number of piperazine rings is 1. The molecule has 2 aromatic rings. The number of ether oxygens (including phenoxy) is 1. The van der Waals surface area contributed by atoms with Crippen LogP contribution in [0.15, 0.2) is 42.5 Å². The third kappa shape index (κ3) is 8.93. The van der Waals surface area contributed by atoms with Gasteiger partial charge < -0.3 is 29.7 Å². The molecule has 4 aliphatic rings. The molecule has 52 heavy (non-hydrogen) atoms. The van der Waals surface area contributed by atoms with E-state index in [1.165, 1.54) is 9.80 Å². The zero-order valence-electron chi connectivity index (χ0n) is 29.0. The van der Waals surface area contributed by atoms with Gasteiger partial charge in [-0.3, -0.25) is 9.69 Å². The van der Waals surface area contributed by atoms with Crippen LogP contribution in [0, 0.1) is 0 Å². The van der Waals surface area contributed by atoms with Gasteiger partial charge in [0.05, 0.1) is 11.1 Å². The van der Waals surface area contributed by atoms with Crippen LogP contribution in [0.5, 0.6) is 0 Å². The van der Waals surface area contributed by atoms with Crippen LogP contribution in [0.2, 0.25) is 0 Å². The van der Waals surface area contributed by atoms with E-state index in [4.69, 9.17) is 4.74 Å². The lowest BCUT2D eigenvalue weighted by molar-refractivity contribution is -0.143. The molecule has 6 rings (SSSR count). The lowest BCUT2D eigenvalue weighted by Crippen LogP contribution is -2.56. The van der Waals surface area contributed by atoms with E-state index in [9.17, 15) is 40.7 Å². The van der Waals surface area contributed by atoms with Gasteiger partial charge in [0.15, 0.2) is 6.10 Å². The van der Waals surface area contributed by atoms with Crippen LogP contribution in [0.3, 0.4) is 0 Å². The molecule has 4 amide bonds. The average molecular weight is 739 g/mol. The van der Waals surface area contributed by atoms with Gasteiger partial charge >= 0.3 is 24.5 Å². The number of rotatable bonds is 6. The van der Waals surface area contributed by atoms with Crippen LogP contribution in [0.25, 0.3) is 0 Å². The number of piperidine rings is 2. The van der Waals surface area contributed by atoms with Gasteiger partial charge in [-0.2, -0.15) is 26.3 Å². The summed E-state index contributed by atoms with van der Waals surface area (Å²) in [4.78, 5) is 49.7. The van der Waals surface area contributed by atoms with Gasteiger partial charge in [-0.1, -0.05) is 18.2 Å². The second-order valence-electron chi connectivity index (χ2n) is 14.1. The SMILES string of the molecule is CN1CCC(N2CCN(C(=O)[C@@H](Cc3cc(C(F)(F)F)cc(C(F)(F)F)c3)OC(=O)N3CCC(N4CCc5ccccc5NC4=O)CC3)CC2)CC1. The molecule has 4 heterocycles. The van der Waals surface area contributed by atoms with Crippen LogP contribution >= 0.6 is 0 Å². The minimum atomic E-state index is -5.08. The number of alkyl halides is 6. The molecule has 0 spiro atoms. The summed E-state index contributed by atoms with van der Waals surface area (Å²) in [7, 11) is 2.06. The number of anilines is 1.